The van der Waals surface area contributed by atoms with Crippen LogP contribution in [0.15, 0.2) is 47.1 Å². The van der Waals surface area contributed by atoms with Crippen LogP contribution in [0.2, 0.25) is 0 Å². The highest BCUT2D eigenvalue weighted by molar-refractivity contribution is 6.02. The number of rotatable bonds is 4. The highest BCUT2D eigenvalue weighted by Gasteiger charge is 2.08. The Hall–Kier alpha value is -2.74. The predicted molar refractivity (Wildman–Crippen MR) is 64.2 cm³/mol. The molecule has 1 amide bonds. The largest absolute Gasteiger partial charge is 0.479 e. The first-order chi connectivity index (χ1) is 8.79. The fraction of sp³-hybridized carbons (Fsp3) is 0.0769. The maximum atomic E-state index is 11.7. The van der Waals surface area contributed by atoms with E-state index in [0.717, 1.165) is 0 Å². The SMILES string of the molecule is N#CCOc1ccc(NC(=O)c2ccco2)cc1. The summed E-state index contributed by atoms with van der Waals surface area (Å²) in [6, 6.07) is 11.8. The molecule has 0 radical (unpaired) electrons. The van der Waals surface area contributed by atoms with Crippen molar-refractivity contribution >= 4 is 11.6 Å². The van der Waals surface area contributed by atoms with E-state index in [9.17, 15) is 4.79 Å². The molecule has 2 aromatic rings. The van der Waals surface area contributed by atoms with Crippen LogP contribution in [0.5, 0.6) is 5.75 Å². The van der Waals surface area contributed by atoms with Gasteiger partial charge in [0.05, 0.1) is 6.26 Å². The monoisotopic (exact) mass is 242 g/mol. The number of hydrogen-bond donors (Lipinski definition) is 1. The Bertz CT molecular complexity index is 553. The summed E-state index contributed by atoms with van der Waals surface area (Å²) < 4.78 is 10.1. The molecule has 5 heteroatoms. The van der Waals surface area contributed by atoms with Gasteiger partial charge in [-0.2, -0.15) is 5.26 Å². The molecule has 90 valence electrons. The summed E-state index contributed by atoms with van der Waals surface area (Å²) in [5.74, 6) is 0.512. The predicted octanol–water partition coefficient (Wildman–Crippen LogP) is 2.43. The highest BCUT2D eigenvalue weighted by Crippen LogP contribution is 2.16. The van der Waals surface area contributed by atoms with E-state index in [1.54, 1.807) is 36.4 Å². The van der Waals surface area contributed by atoms with Gasteiger partial charge in [-0.3, -0.25) is 4.79 Å². The summed E-state index contributed by atoms with van der Waals surface area (Å²) in [6.07, 6.45) is 1.44. The van der Waals surface area contributed by atoms with E-state index in [1.165, 1.54) is 6.26 Å². The minimum atomic E-state index is -0.314. The van der Waals surface area contributed by atoms with Crippen molar-refractivity contribution in [1.82, 2.24) is 0 Å². The van der Waals surface area contributed by atoms with Crippen LogP contribution in [0, 0.1) is 11.3 Å². The first-order valence-electron chi connectivity index (χ1n) is 5.24. The van der Waals surface area contributed by atoms with Crippen molar-refractivity contribution in [3.05, 3.63) is 48.4 Å². The second kappa shape index (κ2) is 5.55. The average molecular weight is 242 g/mol. The van der Waals surface area contributed by atoms with Crippen LogP contribution in [0.1, 0.15) is 10.6 Å². The van der Waals surface area contributed by atoms with E-state index in [2.05, 4.69) is 5.32 Å². The quantitative estimate of drug-likeness (QED) is 0.893. The number of anilines is 1. The molecule has 1 N–H and O–H groups in total. The Labute approximate surface area is 104 Å². The molecule has 0 saturated heterocycles. The number of nitrogens with zero attached hydrogens (tertiary/aromatic N) is 1. The number of hydrogen-bond acceptors (Lipinski definition) is 4. The fourth-order valence-electron chi connectivity index (χ4n) is 1.35. The minimum Gasteiger partial charge on any atom is -0.479 e. The smallest absolute Gasteiger partial charge is 0.291 e. The molecule has 0 saturated carbocycles. The van der Waals surface area contributed by atoms with Crippen molar-refractivity contribution in [3.8, 4) is 11.8 Å². The molecular weight excluding hydrogens is 232 g/mol. The van der Waals surface area contributed by atoms with Gasteiger partial charge in [0.1, 0.15) is 11.8 Å². The number of ether oxygens (including phenoxy) is 1. The molecule has 0 bridgehead atoms. The molecule has 0 unspecified atom stereocenters. The van der Waals surface area contributed by atoms with Gasteiger partial charge in [0.25, 0.3) is 5.91 Å². The Kier molecular flexibility index (Phi) is 3.62. The summed E-state index contributed by atoms with van der Waals surface area (Å²) in [5, 5.41) is 11.0. The van der Waals surface area contributed by atoms with E-state index in [0.29, 0.717) is 11.4 Å². The van der Waals surface area contributed by atoms with E-state index < -0.39 is 0 Å². The summed E-state index contributed by atoms with van der Waals surface area (Å²) in [5.41, 5.74) is 0.626. The lowest BCUT2D eigenvalue weighted by Crippen LogP contribution is -2.10. The lowest BCUT2D eigenvalue weighted by molar-refractivity contribution is 0.0996. The number of carbonyl (C=O) groups is 1. The zero-order chi connectivity index (χ0) is 12.8. The van der Waals surface area contributed by atoms with Gasteiger partial charge in [-0.25, -0.2) is 0 Å². The number of benzene rings is 1. The van der Waals surface area contributed by atoms with E-state index in [1.807, 2.05) is 6.07 Å². The summed E-state index contributed by atoms with van der Waals surface area (Å²) in [6.45, 7) is -0.00188. The molecule has 18 heavy (non-hydrogen) atoms. The van der Waals surface area contributed by atoms with Gasteiger partial charge in [0, 0.05) is 5.69 Å². The van der Waals surface area contributed by atoms with Gasteiger partial charge in [-0.05, 0) is 36.4 Å². The number of nitriles is 1. The van der Waals surface area contributed by atoms with Crippen LogP contribution in [-0.4, -0.2) is 12.5 Å². The Morgan fingerprint density at radius 1 is 1.33 bits per heavy atom. The molecule has 1 aromatic heterocycles. The second-order valence-corrected chi connectivity index (χ2v) is 3.40. The van der Waals surface area contributed by atoms with Crippen molar-refractivity contribution in [2.24, 2.45) is 0 Å². The first-order valence-corrected chi connectivity index (χ1v) is 5.24. The van der Waals surface area contributed by atoms with Crippen LogP contribution >= 0.6 is 0 Å². The maximum absolute atomic E-state index is 11.7. The molecular formula is C13H10N2O3. The molecule has 0 spiro atoms. The van der Waals surface area contributed by atoms with Crippen molar-refractivity contribution < 1.29 is 13.9 Å². The average Bonchev–Trinajstić information content (AvgIpc) is 2.92. The van der Waals surface area contributed by atoms with Gasteiger partial charge in [0.15, 0.2) is 12.4 Å². The van der Waals surface area contributed by atoms with Crippen LogP contribution in [0.4, 0.5) is 5.69 Å². The lowest BCUT2D eigenvalue weighted by Gasteiger charge is -2.05. The Balaban J connectivity index is 1.98. The number of carbonyl (C=O) groups excluding carboxylic acids is 1. The zero-order valence-electron chi connectivity index (χ0n) is 9.42. The van der Waals surface area contributed by atoms with Gasteiger partial charge in [-0.1, -0.05) is 0 Å². The molecule has 1 aromatic carbocycles. The standard InChI is InChI=1S/C13H10N2O3/c14-7-9-17-11-5-3-10(4-6-11)15-13(16)12-2-1-8-18-12/h1-6,8H,9H2,(H,15,16). The molecule has 0 atom stereocenters. The van der Waals surface area contributed by atoms with E-state index in [4.69, 9.17) is 14.4 Å². The van der Waals surface area contributed by atoms with Gasteiger partial charge >= 0.3 is 0 Å². The van der Waals surface area contributed by atoms with Gasteiger partial charge in [0.2, 0.25) is 0 Å². The van der Waals surface area contributed by atoms with Crippen LogP contribution in [-0.2, 0) is 0 Å². The molecule has 0 aliphatic rings. The van der Waals surface area contributed by atoms with Crippen LogP contribution in [0.25, 0.3) is 0 Å². The first kappa shape index (κ1) is 11.7. The third kappa shape index (κ3) is 2.89. The summed E-state index contributed by atoms with van der Waals surface area (Å²) >= 11 is 0. The molecule has 5 nitrogen and oxygen atoms in total. The third-order valence-corrected chi connectivity index (χ3v) is 2.16. The summed E-state index contributed by atoms with van der Waals surface area (Å²) in [4.78, 5) is 11.7. The Morgan fingerprint density at radius 3 is 2.72 bits per heavy atom. The van der Waals surface area contributed by atoms with E-state index in [-0.39, 0.29) is 18.3 Å². The third-order valence-electron chi connectivity index (χ3n) is 2.16. The molecule has 0 fully saturated rings. The van der Waals surface area contributed by atoms with Gasteiger partial charge in [-0.15, -0.1) is 0 Å². The molecule has 0 aliphatic carbocycles. The minimum absolute atomic E-state index is 0.00188. The van der Waals surface area contributed by atoms with Gasteiger partial charge < -0.3 is 14.5 Å². The molecule has 1 heterocycles. The van der Waals surface area contributed by atoms with E-state index >= 15 is 0 Å². The van der Waals surface area contributed by atoms with Crippen molar-refractivity contribution in [2.45, 2.75) is 0 Å². The summed E-state index contributed by atoms with van der Waals surface area (Å²) in [7, 11) is 0. The van der Waals surface area contributed by atoms with Crippen LogP contribution in [0.3, 0.4) is 0 Å². The lowest BCUT2D eigenvalue weighted by atomic mass is 10.3. The fourth-order valence-corrected chi connectivity index (χ4v) is 1.35. The maximum Gasteiger partial charge on any atom is 0.291 e. The Morgan fingerprint density at radius 2 is 2.11 bits per heavy atom. The normalized spacial score (nSPS) is 9.50. The number of nitrogens with one attached hydrogen (secondary N) is 1. The van der Waals surface area contributed by atoms with Crippen molar-refractivity contribution in [2.75, 3.05) is 11.9 Å². The number of furan rings is 1. The van der Waals surface area contributed by atoms with Crippen LogP contribution < -0.4 is 10.1 Å². The zero-order valence-corrected chi connectivity index (χ0v) is 9.42. The molecule has 2 rings (SSSR count). The van der Waals surface area contributed by atoms with Crippen molar-refractivity contribution in [3.63, 3.8) is 0 Å². The number of amides is 1. The van der Waals surface area contributed by atoms with Crippen molar-refractivity contribution in [1.29, 1.82) is 5.26 Å². The topological polar surface area (TPSA) is 75.3 Å². The molecule has 0 aliphatic heterocycles. The highest BCUT2D eigenvalue weighted by atomic mass is 16.5. The second-order valence-electron chi connectivity index (χ2n) is 3.40.